The van der Waals surface area contributed by atoms with Crippen LogP contribution in [0.25, 0.3) is 10.9 Å². The highest BCUT2D eigenvalue weighted by molar-refractivity contribution is 6.07. The number of hydrogen-bond donors (Lipinski definition) is 3. The van der Waals surface area contributed by atoms with Crippen molar-refractivity contribution >= 4 is 28.4 Å². The maximum Gasteiger partial charge on any atom is 0.261 e. The van der Waals surface area contributed by atoms with Crippen molar-refractivity contribution in [1.29, 1.82) is 0 Å². The summed E-state index contributed by atoms with van der Waals surface area (Å²) in [4.78, 5) is 43.5. The fraction of sp³-hybridized carbons (Fsp3) is 0.370. The first-order valence-electron chi connectivity index (χ1n) is 12.2. The Morgan fingerprint density at radius 3 is 2.49 bits per heavy atom. The Hall–Kier alpha value is -3.89. The van der Waals surface area contributed by atoms with Gasteiger partial charge in [0.25, 0.3) is 17.4 Å². The topological polar surface area (TPSA) is 122 Å². The van der Waals surface area contributed by atoms with Gasteiger partial charge in [-0.15, -0.1) is 0 Å². The number of aryl methyl sites for hydroxylation is 1. The smallest absolute Gasteiger partial charge is 0.261 e. The largest absolute Gasteiger partial charge is 0.493 e. The number of methoxy groups -OCH3 is 2. The molecule has 196 valence electrons. The molecule has 0 atom stereocenters. The van der Waals surface area contributed by atoms with Crippen molar-refractivity contribution in [2.75, 3.05) is 58.9 Å². The number of amides is 2. The fourth-order valence-corrected chi connectivity index (χ4v) is 4.22. The molecule has 3 aromatic rings. The predicted molar refractivity (Wildman–Crippen MR) is 141 cm³/mol. The quantitative estimate of drug-likeness (QED) is 0.380. The monoisotopic (exact) mass is 508 g/mol. The Labute approximate surface area is 214 Å². The van der Waals surface area contributed by atoms with E-state index in [2.05, 4.69) is 20.5 Å². The summed E-state index contributed by atoms with van der Waals surface area (Å²) < 4.78 is 16.0. The van der Waals surface area contributed by atoms with Crippen LogP contribution < -0.4 is 25.7 Å². The third kappa shape index (κ3) is 6.28. The van der Waals surface area contributed by atoms with E-state index in [9.17, 15) is 14.4 Å². The molecule has 0 bridgehead atoms. The van der Waals surface area contributed by atoms with Crippen LogP contribution in [0, 0.1) is 6.92 Å². The lowest BCUT2D eigenvalue weighted by Crippen LogP contribution is -2.38. The van der Waals surface area contributed by atoms with Crippen molar-refractivity contribution < 1.29 is 23.8 Å². The molecule has 2 heterocycles. The number of rotatable bonds is 9. The standard InChI is InChI=1S/C27H32N4O6/c1-17-5-6-18(25(32)28-7-4-8-31-9-11-37-12-10-31)14-21(17)29-26(33)20-13-19-15-23(35-2)24(36-3)16-22(19)30-27(20)34/h5-6,13-16H,4,7-12H2,1-3H3,(H,28,32)(H,29,33)(H,30,34). The highest BCUT2D eigenvalue weighted by atomic mass is 16.5. The van der Waals surface area contributed by atoms with Crippen molar-refractivity contribution in [2.45, 2.75) is 13.3 Å². The summed E-state index contributed by atoms with van der Waals surface area (Å²) in [6, 6.07) is 9.94. The lowest BCUT2D eigenvalue weighted by Gasteiger charge is -2.26. The molecule has 4 rings (SSSR count). The Kier molecular flexibility index (Phi) is 8.42. The second-order valence-corrected chi connectivity index (χ2v) is 8.85. The van der Waals surface area contributed by atoms with Gasteiger partial charge in [0.2, 0.25) is 0 Å². The van der Waals surface area contributed by atoms with E-state index in [1.54, 1.807) is 30.3 Å². The van der Waals surface area contributed by atoms with Crippen molar-refractivity contribution in [2.24, 2.45) is 0 Å². The lowest BCUT2D eigenvalue weighted by atomic mass is 10.1. The molecule has 0 unspecified atom stereocenters. The van der Waals surface area contributed by atoms with E-state index in [1.807, 2.05) is 6.92 Å². The molecule has 3 N–H and O–H groups in total. The molecule has 0 radical (unpaired) electrons. The maximum atomic E-state index is 13.0. The third-order valence-corrected chi connectivity index (χ3v) is 6.38. The van der Waals surface area contributed by atoms with E-state index in [0.29, 0.717) is 40.2 Å². The highest BCUT2D eigenvalue weighted by Crippen LogP contribution is 2.31. The zero-order valence-corrected chi connectivity index (χ0v) is 21.3. The van der Waals surface area contributed by atoms with E-state index in [0.717, 1.165) is 44.8 Å². The number of fused-ring (bicyclic) bond motifs is 1. The zero-order chi connectivity index (χ0) is 26.4. The number of aromatic nitrogens is 1. The third-order valence-electron chi connectivity index (χ3n) is 6.38. The first-order chi connectivity index (χ1) is 17.9. The van der Waals surface area contributed by atoms with Crippen molar-refractivity contribution in [3.8, 4) is 11.5 Å². The number of hydrogen-bond acceptors (Lipinski definition) is 7. The van der Waals surface area contributed by atoms with Crippen LogP contribution in [0.15, 0.2) is 41.2 Å². The summed E-state index contributed by atoms with van der Waals surface area (Å²) in [7, 11) is 3.02. The molecule has 0 aliphatic carbocycles. The molecule has 10 heteroatoms. The summed E-state index contributed by atoms with van der Waals surface area (Å²) in [5, 5.41) is 6.32. The lowest BCUT2D eigenvalue weighted by molar-refractivity contribution is 0.0374. The van der Waals surface area contributed by atoms with Crippen LogP contribution in [0.2, 0.25) is 0 Å². The van der Waals surface area contributed by atoms with Crippen LogP contribution in [0.5, 0.6) is 11.5 Å². The number of benzene rings is 2. The van der Waals surface area contributed by atoms with Gasteiger partial charge >= 0.3 is 0 Å². The van der Waals surface area contributed by atoms with Gasteiger partial charge in [-0.25, -0.2) is 0 Å². The molecule has 2 amide bonds. The molecule has 0 saturated carbocycles. The second kappa shape index (κ2) is 11.9. The number of carbonyl (C=O) groups excluding carboxylic acids is 2. The number of morpholine rings is 1. The molecule has 0 spiro atoms. The molecule has 1 saturated heterocycles. The first-order valence-corrected chi connectivity index (χ1v) is 12.2. The zero-order valence-electron chi connectivity index (χ0n) is 21.3. The van der Waals surface area contributed by atoms with Gasteiger partial charge in [-0.2, -0.15) is 0 Å². The number of nitrogens with zero attached hydrogens (tertiary/aromatic N) is 1. The minimum absolute atomic E-state index is 0.0583. The van der Waals surface area contributed by atoms with E-state index >= 15 is 0 Å². The van der Waals surface area contributed by atoms with Gasteiger partial charge in [-0.05, 0) is 49.7 Å². The van der Waals surface area contributed by atoms with Crippen LogP contribution in [0.4, 0.5) is 5.69 Å². The molecule has 1 aromatic heterocycles. The molecule has 2 aromatic carbocycles. The molecule has 1 aliphatic heterocycles. The Morgan fingerprint density at radius 2 is 1.76 bits per heavy atom. The van der Waals surface area contributed by atoms with Crippen molar-refractivity contribution in [3.63, 3.8) is 0 Å². The summed E-state index contributed by atoms with van der Waals surface area (Å²) >= 11 is 0. The number of nitrogens with one attached hydrogen (secondary N) is 3. The SMILES string of the molecule is COc1cc2cc(C(=O)Nc3cc(C(=O)NCCCN4CCOCC4)ccc3C)c(=O)[nH]c2cc1OC. The van der Waals surface area contributed by atoms with Crippen molar-refractivity contribution in [3.05, 3.63) is 63.4 Å². The van der Waals surface area contributed by atoms with Gasteiger partial charge in [0.15, 0.2) is 11.5 Å². The number of anilines is 1. The Morgan fingerprint density at radius 1 is 1.03 bits per heavy atom. The van der Waals surface area contributed by atoms with Gasteiger partial charge in [0, 0.05) is 42.3 Å². The molecule has 1 aliphatic rings. The van der Waals surface area contributed by atoms with Crippen molar-refractivity contribution in [1.82, 2.24) is 15.2 Å². The van der Waals surface area contributed by atoms with Crippen LogP contribution in [-0.2, 0) is 4.74 Å². The second-order valence-electron chi connectivity index (χ2n) is 8.85. The van der Waals surface area contributed by atoms with Crippen LogP contribution >= 0.6 is 0 Å². The van der Waals surface area contributed by atoms with Crippen LogP contribution in [0.1, 0.15) is 32.7 Å². The normalized spacial score (nSPS) is 13.8. The minimum atomic E-state index is -0.580. The molecular formula is C27H32N4O6. The number of carbonyl (C=O) groups is 2. The number of ether oxygens (including phenoxy) is 3. The Bertz CT molecular complexity index is 1350. The molecular weight excluding hydrogens is 476 g/mol. The van der Waals surface area contributed by atoms with Gasteiger partial charge < -0.3 is 29.8 Å². The van der Waals surface area contributed by atoms with Crippen LogP contribution in [-0.4, -0.2) is 75.3 Å². The molecule has 1 fully saturated rings. The van der Waals surface area contributed by atoms with E-state index in [1.165, 1.54) is 20.3 Å². The summed E-state index contributed by atoms with van der Waals surface area (Å²) in [5.41, 5.74) is 1.57. The number of H-pyrrole nitrogens is 1. The van der Waals surface area contributed by atoms with E-state index in [4.69, 9.17) is 14.2 Å². The summed E-state index contributed by atoms with van der Waals surface area (Å²) in [5.74, 6) is 0.147. The highest BCUT2D eigenvalue weighted by Gasteiger charge is 2.17. The average molecular weight is 509 g/mol. The van der Waals surface area contributed by atoms with Gasteiger partial charge in [-0.1, -0.05) is 6.07 Å². The Balaban J connectivity index is 1.44. The number of aromatic amines is 1. The van der Waals surface area contributed by atoms with E-state index in [-0.39, 0.29) is 11.5 Å². The predicted octanol–water partition coefficient (Wildman–Crippen LogP) is 2.56. The fourth-order valence-electron chi connectivity index (χ4n) is 4.22. The summed E-state index contributed by atoms with van der Waals surface area (Å²) in [6.45, 7) is 6.59. The molecule has 37 heavy (non-hydrogen) atoms. The van der Waals surface area contributed by atoms with Crippen LogP contribution in [0.3, 0.4) is 0 Å². The molecule has 10 nitrogen and oxygen atoms in total. The first kappa shape index (κ1) is 26.2. The van der Waals surface area contributed by atoms with Gasteiger partial charge in [-0.3, -0.25) is 19.3 Å². The summed E-state index contributed by atoms with van der Waals surface area (Å²) in [6.07, 6.45) is 0.836. The number of pyridine rings is 1. The average Bonchev–Trinajstić information content (AvgIpc) is 2.91. The van der Waals surface area contributed by atoms with Gasteiger partial charge in [0.05, 0.1) is 33.0 Å². The maximum absolute atomic E-state index is 13.0. The van der Waals surface area contributed by atoms with E-state index < -0.39 is 11.5 Å². The van der Waals surface area contributed by atoms with Gasteiger partial charge in [0.1, 0.15) is 5.56 Å². The minimum Gasteiger partial charge on any atom is -0.493 e.